The van der Waals surface area contributed by atoms with Crippen LogP contribution in [0, 0.1) is 11.8 Å². The maximum Gasteiger partial charge on any atom is 0.00955 e. The first-order valence-corrected chi connectivity index (χ1v) is 5.88. The maximum atomic E-state index is 3.51. The van der Waals surface area contributed by atoms with Gasteiger partial charge in [0.15, 0.2) is 0 Å². The van der Waals surface area contributed by atoms with Gasteiger partial charge < -0.3 is 5.32 Å². The number of fused-ring (bicyclic) bond motifs is 1. The highest BCUT2D eigenvalue weighted by Crippen LogP contribution is 2.32. The fraction of sp³-hybridized carbons (Fsp3) is 1.00. The minimum Gasteiger partial charge on any atom is -0.316 e. The van der Waals surface area contributed by atoms with Crippen molar-refractivity contribution in [2.75, 3.05) is 26.2 Å². The second-order valence-corrected chi connectivity index (χ2v) is 5.07. The normalized spacial score (nSPS) is 41.5. The van der Waals surface area contributed by atoms with Crippen LogP contribution in [-0.2, 0) is 0 Å². The molecule has 2 unspecified atom stereocenters. The minimum atomic E-state index is 0.964. The number of hydrogen-bond acceptors (Lipinski definition) is 2. The number of nitrogens with one attached hydrogen (secondary N) is 1. The molecule has 0 spiro atoms. The molecule has 2 aliphatic heterocycles. The lowest BCUT2D eigenvalue weighted by Crippen LogP contribution is -2.33. The van der Waals surface area contributed by atoms with E-state index in [0.29, 0.717) is 0 Å². The molecule has 0 aromatic carbocycles. The molecule has 1 N–H and O–H groups in total. The van der Waals surface area contributed by atoms with Crippen molar-refractivity contribution in [3.05, 3.63) is 0 Å². The first kappa shape index (κ1) is 8.25. The van der Waals surface area contributed by atoms with E-state index in [2.05, 4.69) is 10.2 Å². The van der Waals surface area contributed by atoms with Crippen molar-refractivity contribution in [3.63, 3.8) is 0 Å². The van der Waals surface area contributed by atoms with Gasteiger partial charge in [-0.1, -0.05) is 12.8 Å². The average Bonchev–Trinajstić information content (AvgIpc) is 2.78. The SMILES string of the molecule is C1CCC(N2CC3CNCC3C2)C1. The molecule has 0 bridgehead atoms. The molecule has 3 fully saturated rings. The highest BCUT2D eigenvalue weighted by molar-refractivity contribution is 4.94. The summed E-state index contributed by atoms with van der Waals surface area (Å²) >= 11 is 0. The van der Waals surface area contributed by atoms with Gasteiger partial charge in [0.2, 0.25) is 0 Å². The predicted octanol–water partition coefficient (Wildman–Crippen LogP) is 1.08. The zero-order valence-corrected chi connectivity index (χ0v) is 8.34. The van der Waals surface area contributed by atoms with E-state index in [9.17, 15) is 0 Å². The molecule has 0 amide bonds. The van der Waals surface area contributed by atoms with Gasteiger partial charge >= 0.3 is 0 Å². The van der Waals surface area contributed by atoms with E-state index in [4.69, 9.17) is 0 Å². The van der Waals surface area contributed by atoms with Crippen molar-refractivity contribution in [1.29, 1.82) is 0 Å². The molecular weight excluding hydrogens is 160 g/mol. The zero-order chi connectivity index (χ0) is 8.67. The van der Waals surface area contributed by atoms with Crippen molar-refractivity contribution >= 4 is 0 Å². The molecule has 0 aromatic heterocycles. The van der Waals surface area contributed by atoms with Crippen LogP contribution in [-0.4, -0.2) is 37.1 Å². The van der Waals surface area contributed by atoms with Gasteiger partial charge in [-0.3, -0.25) is 4.90 Å². The van der Waals surface area contributed by atoms with Gasteiger partial charge in [0.05, 0.1) is 0 Å². The summed E-state index contributed by atoms with van der Waals surface area (Å²) in [5.74, 6) is 1.97. The summed E-state index contributed by atoms with van der Waals surface area (Å²) in [5, 5.41) is 3.51. The van der Waals surface area contributed by atoms with Gasteiger partial charge in [-0.2, -0.15) is 0 Å². The largest absolute Gasteiger partial charge is 0.316 e. The Morgan fingerprint density at radius 2 is 1.54 bits per heavy atom. The van der Waals surface area contributed by atoms with Crippen molar-refractivity contribution in [2.45, 2.75) is 31.7 Å². The molecule has 2 heterocycles. The third-order valence-corrected chi connectivity index (χ3v) is 4.26. The third kappa shape index (κ3) is 1.40. The van der Waals surface area contributed by atoms with Crippen LogP contribution in [0.15, 0.2) is 0 Å². The summed E-state index contributed by atoms with van der Waals surface area (Å²) in [5.41, 5.74) is 0. The molecule has 1 saturated carbocycles. The lowest BCUT2D eigenvalue weighted by molar-refractivity contribution is 0.229. The monoisotopic (exact) mass is 180 g/mol. The Balaban J connectivity index is 1.62. The zero-order valence-electron chi connectivity index (χ0n) is 8.34. The van der Waals surface area contributed by atoms with Gasteiger partial charge in [0.25, 0.3) is 0 Å². The minimum absolute atomic E-state index is 0.964. The van der Waals surface area contributed by atoms with E-state index in [-0.39, 0.29) is 0 Å². The van der Waals surface area contributed by atoms with Crippen LogP contribution in [0.3, 0.4) is 0 Å². The fourth-order valence-electron chi connectivity index (χ4n) is 3.46. The molecule has 74 valence electrons. The van der Waals surface area contributed by atoms with Crippen LogP contribution in [0.5, 0.6) is 0 Å². The van der Waals surface area contributed by atoms with Gasteiger partial charge in [0.1, 0.15) is 0 Å². The summed E-state index contributed by atoms with van der Waals surface area (Å²) in [6, 6.07) is 0.964. The summed E-state index contributed by atoms with van der Waals surface area (Å²) in [7, 11) is 0. The van der Waals surface area contributed by atoms with Gasteiger partial charge in [-0.15, -0.1) is 0 Å². The molecule has 0 aromatic rings. The second-order valence-electron chi connectivity index (χ2n) is 5.07. The number of nitrogens with zero attached hydrogens (tertiary/aromatic N) is 1. The van der Waals surface area contributed by atoms with Crippen molar-refractivity contribution in [1.82, 2.24) is 10.2 Å². The van der Waals surface area contributed by atoms with E-state index in [1.165, 1.54) is 51.9 Å². The van der Waals surface area contributed by atoms with E-state index in [0.717, 1.165) is 17.9 Å². The van der Waals surface area contributed by atoms with Gasteiger partial charge in [0, 0.05) is 19.1 Å². The first-order valence-electron chi connectivity index (χ1n) is 5.88. The predicted molar refractivity (Wildman–Crippen MR) is 53.7 cm³/mol. The summed E-state index contributed by atoms with van der Waals surface area (Å²) in [4.78, 5) is 2.78. The van der Waals surface area contributed by atoms with Crippen molar-refractivity contribution in [3.8, 4) is 0 Å². The lowest BCUT2D eigenvalue weighted by atomic mass is 10.0. The van der Waals surface area contributed by atoms with Crippen LogP contribution in [0.25, 0.3) is 0 Å². The highest BCUT2D eigenvalue weighted by Gasteiger charge is 2.38. The summed E-state index contributed by atoms with van der Waals surface area (Å²) in [6.07, 6.45) is 5.92. The maximum absolute atomic E-state index is 3.51. The Bertz CT molecular complexity index is 175. The molecule has 0 radical (unpaired) electrons. The lowest BCUT2D eigenvalue weighted by Gasteiger charge is -2.24. The molecule has 2 atom stereocenters. The molecule has 13 heavy (non-hydrogen) atoms. The fourth-order valence-corrected chi connectivity index (χ4v) is 3.46. The van der Waals surface area contributed by atoms with Gasteiger partial charge in [-0.05, 0) is 37.8 Å². The standard InChI is InChI=1S/C11H20N2/c1-2-4-11(3-1)13-7-9-5-12-6-10(9)8-13/h9-12H,1-8H2. The number of hydrogen-bond donors (Lipinski definition) is 1. The quantitative estimate of drug-likeness (QED) is 0.649. The Kier molecular flexibility index (Phi) is 2.06. The van der Waals surface area contributed by atoms with Crippen LogP contribution in [0.1, 0.15) is 25.7 Å². The van der Waals surface area contributed by atoms with Crippen LogP contribution >= 0.6 is 0 Å². The summed E-state index contributed by atoms with van der Waals surface area (Å²) < 4.78 is 0. The smallest absolute Gasteiger partial charge is 0.00955 e. The third-order valence-electron chi connectivity index (χ3n) is 4.26. The molecule has 2 saturated heterocycles. The van der Waals surface area contributed by atoms with Crippen molar-refractivity contribution < 1.29 is 0 Å². The Labute approximate surface area is 80.7 Å². The molecule has 1 aliphatic carbocycles. The first-order chi connectivity index (χ1) is 6.43. The van der Waals surface area contributed by atoms with Crippen molar-refractivity contribution in [2.24, 2.45) is 11.8 Å². The number of likely N-dealkylation sites (tertiary alicyclic amines) is 1. The average molecular weight is 180 g/mol. The van der Waals surface area contributed by atoms with Gasteiger partial charge in [-0.25, -0.2) is 0 Å². The molecule has 2 nitrogen and oxygen atoms in total. The molecule has 3 aliphatic rings. The Morgan fingerprint density at radius 3 is 2.15 bits per heavy atom. The van der Waals surface area contributed by atoms with E-state index >= 15 is 0 Å². The van der Waals surface area contributed by atoms with E-state index < -0.39 is 0 Å². The highest BCUT2D eigenvalue weighted by atomic mass is 15.2. The van der Waals surface area contributed by atoms with Crippen LogP contribution < -0.4 is 5.32 Å². The second kappa shape index (κ2) is 3.25. The summed E-state index contributed by atoms with van der Waals surface area (Å²) in [6.45, 7) is 5.35. The van der Waals surface area contributed by atoms with Crippen LogP contribution in [0.4, 0.5) is 0 Å². The van der Waals surface area contributed by atoms with Crippen LogP contribution in [0.2, 0.25) is 0 Å². The topological polar surface area (TPSA) is 15.3 Å². The Morgan fingerprint density at radius 1 is 0.923 bits per heavy atom. The Hall–Kier alpha value is -0.0800. The molecule has 2 heteroatoms. The van der Waals surface area contributed by atoms with E-state index in [1.807, 2.05) is 0 Å². The molecule has 3 rings (SSSR count). The van der Waals surface area contributed by atoms with E-state index in [1.54, 1.807) is 0 Å². The number of rotatable bonds is 1. The molecular formula is C11H20N2.